The first-order valence-corrected chi connectivity index (χ1v) is 9.10. The Kier molecular flexibility index (Phi) is 4.73. The zero-order valence-corrected chi connectivity index (χ0v) is 14.6. The number of aromatic nitrogens is 2. The maximum absolute atomic E-state index is 13.1. The fourth-order valence-corrected chi connectivity index (χ4v) is 3.35. The minimum absolute atomic E-state index is 0.0307. The van der Waals surface area contributed by atoms with E-state index in [1.165, 1.54) is 6.42 Å². The number of hydrogen-bond donors (Lipinski definition) is 0. The Labute approximate surface area is 153 Å². The van der Waals surface area contributed by atoms with Gasteiger partial charge in [0, 0.05) is 30.4 Å². The van der Waals surface area contributed by atoms with Crippen LogP contribution in [0.4, 0.5) is 0 Å². The van der Waals surface area contributed by atoms with Gasteiger partial charge in [-0.1, -0.05) is 60.7 Å². The summed E-state index contributed by atoms with van der Waals surface area (Å²) >= 11 is 0. The molecular weight excluding hydrogens is 322 g/mol. The van der Waals surface area contributed by atoms with Gasteiger partial charge in [-0.3, -0.25) is 4.79 Å². The third kappa shape index (κ3) is 3.36. The summed E-state index contributed by atoms with van der Waals surface area (Å²) < 4.78 is 0. The molecule has 0 unspecified atom stereocenters. The van der Waals surface area contributed by atoms with Gasteiger partial charge in [-0.05, 0) is 19.3 Å². The van der Waals surface area contributed by atoms with Crippen LogP contribution in [0.2, 0.25) is 0 Å². The molecule has 0 atom stereocenters. The molecule has 26 heavy (non-hydrogen) atoms. The number of nitrogens with zero attached hydrogens (tertiary/aromatic N) is 3. The topological polar surface area (TPSA) is 46.1 Å². The molecule has 1 aromatic heterocycles. The highest BCUT2D eigenvalue weighted by molar-refractivity contribution is 6.00. The molecule has 130 valence electrons. The van der Waals surface area contributed by atoms with Crippen LogP contribution in [-0.4, -0.2) is 33.9 Å². The second kappa shape index (κ2) is 7.48. The number of benzene rings is 2. The van der Waals surface area contributed by atoms with Crippen molar-refractivity contribution >= 4 is 5.91 Å². The second-order valence-corrected chi connectivity index (χ2v) is 6.54. The lowest BCUT2D eigenvalue weighted by atomic mass is 10.0. The van der Waals surface area contributed by atoms with Crippen molar-refractivity contribution in [1.82, 2.24) is 14.9 Å². The Morgan fingerprint density at radius 1 is 0.808 bits per heavy atom. The highest BCUT2D eigenvalue weighted by Crippen LogP contribution is 2.26. The Bertz CT molecular complexity index is 888. The highest BCUT2D eigenvalue weighted by Gasteiger charge is 2.23. The van der Waals surface area contributed by atoms with Crippen LogP contribution in [0, 0.1) is 0 Å². The lowest BCUT2D eigenvalue weighted by Gasteiger charge is -2.27. The SMILES string of the molecule is O=C(c1cnc(-c2ccccc2)nc1-c1ccccc1)N1CCCCC1. The molecule has 1 aliphatic heterocycles. The first kappa shape index (κ1) is 16.5. The fraction of sp³-hybridized carbons (Fsp3) is 0.227. The van der Waals surface area contributed by atoms with Gasteiger partial charge in [0.05, 0.1) is 11.3 Å². The van der Waals surface area contributed by atoms with Crippen molar-refractivity contribution in [2.75, 3.05) is 13.1 Å². The molecule has 1 fully saturated rings. The molecule has 4 nitrogen and oxygen atoms in total. The van der Waals surface area contributed by atoms with Crippen molar-refractivity contribution in [2.45, 2.75) is 19.3 Å². The van der Waals surface area contributed by atoms with Crippen molar-refractivity contribution in [2.24, 2.45) is 0 Å². The van der Waals surface area contributed by atoms with Crippen LogP contribution in [-0.2, 0) is 0 Å². The van der Waals surface area contributed by atoms with E-state index in [4.69, 9.17) is 4.98 Å². The third-order valence-electron chi connectivity index (χ3n) is 4.74. The maximum atomic E-state index is 13.1. The Morgan fingerprint density at radius 2 is 1.42 bits per heavy atom. The number of piperidine rings is 1. The highest BCUT2D eigenvalue weighted by atomic mass is 16.2. The van der Waals surface area contributed by atoms with Crippen molar-refractivity contribution in [3.63, 3.8) is 0 Å². The largest absolute Gasteiger partial charge is 0.339 e. The molecular formula is C22H21N3O. The summed E-state index contributed by atoms with van der Waals surface area (Å²) in [5.41, 5.74) is 3.17. The molecule has 1 saturated heterocycles. The first-order chi connectivity index (χ1) is 12.8. The predicted molar refractivity (Wildman–Crippen MR) is 103 cm³/mol. The van der Waals surface area contributed by atoms with Crippen LogP contribution in [0.5, 0.6) is 0 Å². The minimum Gasteiger partial charge on any atom is -0.339 e. The number of amides is 1. The lowest BCUT2D eigenvalue weighted by Crippen LogP contribution is -2.36. The molecule has 0 spiro atoms. The van der Waals surface area contributed by atoms with Gasteiger partial charge in [-0.15, -0.1) is 0 Å². The van der Waals surface area contributed by atoms with Crippen molar-refractivity contribution in [1.29, 1.82) is 0 Å². The third-order valence-corrected chi connectivity index (χ3v) is 4.74. The molecule has 2 aromatic carbocycles. The van der Waals surface area contributed by atoms with E-state index in [1.807, 2.05) is 65.6 Å². The van der Waals surface area contributed by atoms with Crippen LogP contribution < -0.4 is 0 Å². The Morgan fingerprint density at radius 3 is 2.08 bits per heavy atom. The smallest absolute Gasteiger partial charge is 0.257 e. The van der Waals surface area contributed by atoms with E-state index >= 15 is 0 Å². The summed E-state index contributed by atoms with van der Waals surface area (Å²) in [4.78, 5) is 24.3. The van der Waals surface area contributed by atoms with Crippen molar-refractivity contribution in [3.05, 3.63) is 72.4 Å². The van der Waals surface area contributed by atoms with Gasteiger partial charge in [-0.2, -0.15) is 0 Å². The molecule has 0 saturated carbocycles. The number of carbonyl (C=O) groups excluding carboxylic acids is 1. The number of rotatable bonds is 3. The number of hydrogen-bond acceptors (Lipinski definition) is 3. The summed E-state index contributed by atoms with van der Waals surface area (Å²) in [5, 5.41) is 0. The molecule has 1 amide bonds. The van der Waals surface area contributed by atoms with Gasteiger partial charge in [0.25, 0.3) is 5.91 Å². The average molecular weight is 343 g/mol. The summed E-state index contributed by atoms with van der Waals surface area (Å²) in [6, 6.07) is 19.7. The molecule has 4 heteroatoms. The van der Waals surface area contributed by atoms with Gasteiger partial charge in [0.2, 0.25) is 0 Å². The molecule has 0 bridgehead atoms. The molecule has 2 heterocycles. The quantitative estimate of drug-likeness (QED) is 0.706. The molecule has 0 radical (unpaired) electrons. The van der Waals surface area contributed by atoms with Gasteiger partial charge in [0.1, 0.15) is 0 Å². The average Bonchev–Trinajstić information content (AvgIpc) is 2.75. The number of likely N-dealkylation sites (tertiary alicyclic amines) is 1. The van der Waals surface area contributed by atoms with E-state index < -0.39 is 0 Å². The van der Waals surface area contributed by atoms with Crippen LogP contribution in [0.25, 0.3) is 22.6 Å². The van der Waals surface area contributed by atoms with Crippen molar-refractivity contribution in [3.8, 4) is 22.6 Å². The van der Waals surface area contributed by atoms with E-state index in [0.717, 1.165) is 37.1 Å². The van der Waals surface area contributed by atoms with Gasteiger partial charge >= 0.3 is 0 Å². The van der Waals surface area contributed by atoms with E-state index in [9.17, 15) is 4.79 Å². The van der Waals surface area contributed by atoms with Gasteiger partial charge in [-0.25, -0.2) is 9.97 Å². The van der Waals surface area contributed by atoms with E-state index in [0.29, 0.717) is 17.1 Å². The standard InChI is InChI=1S/C22H21N3O/c26-22(25-14-8-3-9-15-25)19-16-23-21(18-12-6-2-7-13-18)24-20(19)17-10-4-1-5-11-17/h1-2,4-7,10-13,16H,3,8-9,14-15H2. The van der Waals surface area contributed by atoms with Crippen LogP contribution in [0.15, 0.2) is 66.9 Å². The molecule has 4 rings (SSSR count). The number of carbonyl (C=O) groups is 1. The van der Waals surface area contributed by atoms with E-state index in [1.54, 1.807) is 6.20 Å². The second-order valence-electron chi connectivity index (χ2n) is 6.54. The van der Waals surface area contributed by atoms with Crippen molar-refractivity contribution < 1.29 is 4.79 Å². The van der Waals surface area contributed by atoms with Crippen LogP contribution in [0.3, 0.4) is 0 Å². The lowest BCUT2D eigenvalue weighted by molar-refractivity contribution is 0.0724. The maximum Gasteiger partial charge on any atom is 0.257 e. The summed E-state index contributed by atoms with van der Waals surface area (Å²) in [5.74, 6) is 0.669. The summed E-state index contributed by atoms with van der Waals surface area (Å²) in [7, 11) is 0. The van der Waals surface area contributed by atoms with Gasteiger partial charge in [0.15, 0.2) is 5.82 Å². The van der Waals surface area contributed by atoms with E-state index in [2.05, 4.69) is 4.98 Å². The Hall–Kier alpha value is -3.01. The predicted octanol–water partition coefficient (Wildman–Crippen LogP) is 4.44. The molecule has 0 N–H and O–H groups in total. The van der Waals surface area contributed by atoms with Crippen LogP contribution in [0.1, 0.15) is 29.6 Å². The monoisotopic (exact) mass is 343 g/mol. The Balaban J connectivity index is 1.79. The molecule has 0 aliphatic carbocycles. The van der Waals surface area contributed by atoms with Gasteiger partial charge < -0.3 is 4.90 Å². The summed E-state index contributed by atoms with van der Waals surface area (Å²) in [6.45, 7) is 1.63. The normalized spacial score (nSPS) is 14.2. The fourth-order valence-electron chi connectivity index (χ4n) is 3.35. The molecule has 1 aliphatic rings. The van der Waals surface area contributed by atoms with E-state index in [-0.39, 0.29) is 5.91 Å². The zero-order chi connectivity index (χ0) is 17.8. The minimum atomic E-state index is 0.0307. The summed E-state index contributed by atoms with van der Waals surface area (Å²) in [6.07, 6.45) is 5.01. The van der Waals surface area contributed by atoms with Crippen LogP contribution >= 0.6 is 0 Å². The first-order valence-electron chi connectivity index (χ1n) is 9.10. The zero-order valence-electron chi connectivity index (χ0n) is 14.6. The molecule has 3 aromatic rings.